The van der Waals surface area contributed by atoms with Crippen LogP contribution in [0, 0.1) is 0 Å². The summed E-state index contributed by atoms with van der Waals surface area (Å²) in [5.74, 6) is 0. The van der Waals surface area contributed by atoms with Crippen LogP contribution in [0.2, 0.25) is 0 Å². The van der Waals surface area contributed by atoms with Gasteiger partial charge in [0, 0.05) is 32.9 Å². The smallest absolute Gasteiger partial charge is 0.0541 e. The van der Waals surface area contributed by atoms with E-state index in [2.05, 4.69) is 240 Å². The van der Waals surface area contributed by atoms with Crippen molar-refractivity contribution >= 4 is 54.4 Å². The Morgan fingerprint density at radius 3 is 1.18 bits per heavy atom. The van der Waals surface area contributed by atoms with Crippen LogP contribution in [0.1, 0.15) is 0 Å². The van der Waals surface area contributed by atoms with Crippen molar-refractivity contribution in [1.29, 1.82) is 0 Å². The first kappa shape index (κ1) is 34.1. The van der Waals surface area contributed by atoms with Gasteiger partial charge in [0.25, 0.3) is 0 Å². The third-order valence-electron chi connectivity index (χ3n) is 12.3. The van der Waals surface area contributed by atoms with Crippen molar-refractivity contribution in [1.82, 2.24) is 9.13 Å². The molecule has 0 saturated carbocycles. The Labute approximate surface area is 348 Å². The van der Waals surface area contributed by atoms with Gasteiger partial charge in [-0.05, 0) is 122 Å². The normalized spacial score (nSPS) is 11.7. The summed E-state index contributed by atoms with van der Waals surface area (Å²) in [5, 5.41) is 7.50. The molecule has 2 heteroatoms. The first-order chi connectivity index (χ1) is 29.7. The fraction of sp³-hybridized carbons (Fsp3) is 0. The first-order valence-electron chi connectivity index (χ1n) is 20.7. The van der Waals surface area contributed by atoms with Crippen LogP contribution in [0.15, 0.2) is 231 Å². The maximum Gasteiger partial charge on any atom is 0.0541 e. The fourth-order valence-corrected chi connectivity index (χ4v) is 9.42. The van der Waals surface area contributed by atoms with Crippen LogP contribution in [-0.4, -0.2) is 9.13 Å². The molecule has 0 aliphatic rings. The highest BCUT2D eigenvalue weighted by Crippen LogP contribution is 2.40. The predicted octanol–water partition coefficient (Wildman–Crippen LogP) is 15.7. The molecule has 2 aromatic heterocycles. The number of hydrogen-bond donors (Lipinski definition) is 0. The highest BCUT2D eigenvalue weighted by atomic mass is 15.0. The van der Waals surface area contributed by atoms with E-state index in [1.165, 1.54) is 98.9 Å². The largest absolute Gasteiger partial charge is 0.309 e. The molecule has 0 bridgehead atoms. The number of benzene rings is 10. The van der Waals surface area contributed by atoms with Crippen molar-refractivity contribution in [2.75, 3.05) is 0 Å². The average molecular weight is 763 g/mol. The molecule has 0 amide bonds. The Kier molecular flexibility index (Phi) is 7.89. The van der Waals surface area contributed by atoms with E-state index in [1.807, 2.05) is 0 Å². The second-order valence-corrected chi connectivity index (χ2v) is 15.7. The maximum atomic E-state index is 2.42. The second kappa shape index (κ2) is 13.9. The molecule has 12 rings (SSSR count). The molecule has 60 heavy (non-hydrogen) atoms. The average Bonchev–Trinajstić information content (AvgIpc) is 3.84. The van der Waals surface area contributed by atoms with Gasteiger partial charge in [0.2, 0.25) is 0 Å². The van der Waals surface area contributed by atoms with Crippen LogP contribution in [-0.2, 0) is 0 Å². The summed E-state index contributed by atoms with van der Waals surface area (Å²) < 4.78 is 4.83. The number of hydrogen-bond acceptors (Lipinski definition) is 0. The molecular formula is C58H38N2. The molecule has 0 aliphatic heterocycles. The Balaban J connectivity index is 0.986. The summed E-state index contributed by atoms with van der Waals surface area (Å²) in [6.07, 6.45) is 0. The van der Waals surface area contributed by atoms with E-state index in [1.54, 1.807) is 0 Å². The first-order valence-corrected chi connectivity index (χ1v) is 20.7. The van der Waals surface area contributed by atoms with Crippen molar-refractivity contribution in [2.45, 2.75) is 0 Å². The van der Waals surface area contributed by atoms with Gasteiger partial charge in [-0.3, -0.25) is 0 Å². The molecule has 2 heterocycles. The lowest BCUT2D eigenvalue weighted by atomic mass is 9.98. The zero-order chi connectivity index (χ0) is 39.6. The minimum Gasteiger partial charge on any atom is -0.309 e. The Hall–Kier alpha value is -7.94. The van der Waals surface area contributed by atoms with Gasteiger partial charge in [-0.15, -0.1) is 0 Å². The van der Waals surface area contributed by atoms with Crippen molar-refractivity contribution in [3.05, 3.63) is 231 Å². The molecule has 10 aromatic carbocycles. The van der Waals surface area contributed by atoms with E-state index in [0.717, 1.165) is 11.4 Å². The molecule has 0 aliphatic carbocycles. The summed E-state index contributed by atoms with van der Waals surface area (Å²) in [6.45, 7) is 0. The van der Waals surface area contributed by atoms with Gasteiger partial charge in [0.1, 0.15) is 0 Å². The van der Waals surface area contributed by atoms with Crippen LogP contribution in [0.3, 0.4) is 0 Å². The van der Waals surface area contributed by atoms with Crippen LogP contribution in [0.25, 0.3) is 110 Å². The number of rotatable bonds is 6. The molecule has 0 fully saturated rings. The van der Waals surface area contributed by atoms with Crippen molar-refractivity contribution in [3.8, 4) is 55.9 Å². The van der Waals surface area contributed by atoms with Gasteiger partial charge in [-0.25, -0.2) is 0 Å². The van der Waals surface area contributed by atoms with E-state index in [-0.39, 0.29) is 0 Å². The minimum absolute atomic E-state index is 1.15. The lowest BCUT2D eigenvalue weighted by Gasteiger charge is -2.11. The summed E-state index contributed by atoms with van der Waals surface area (Å²) in [7, 11) is 0. The molecule has 12 aromatic rings. The zero-order valence-electron chi connectivity index (χ0n) is 32.8. The fourth-order valence-electron chi connectivity index (χ4n) is 9.42. The molecule has 0 atom stereocenters. The molecule has 0 saturated heterocycles. The quantitative estimate of drug-likeness (QED) is 0.160. The van der Waals surface area contributed by atoms with Gasteiger partial charge in [0.15, 0.2) is 0 Å². The van der Waals surface area contributed by atoms with Crippen LogP contribution in [0.5, 0.6) is 0 Å². The summed E-state index contributed by atoms with van der Waals surface area (Å²) >= 11 is 0. The Morgan fingerprint density at radius 2 is 0.600 bits per heavy atom. The Morgan fingerprint density at radius 1 is 0.217 bits per heavy atom. The lowest BCUT2D eigenvalue weighted by Crippen LogP contribution is -1.94. The third-order valence-corrected chi connectivity index (χ3v) is 12.3. The van der Waals surface area contributed by atoms with Gasteiger partial charge in [-0.2, -0.15) is 0 Å². The van der Waals surface area contributed by atoms with Gasteiger partial charge < -0.3 is 9.13 Å². The van der Waals surface area contributed by atoms with Crippen molar-refractivity contribution in [3.63, 3.8) is 0 Å². The highest BCUT2D eigenvalue weighted by Gasteiger charge is 2.17. The Bertz CT molecular complexity index is 3550. The second-order valence-electron chi connectivity index (χ2n) is 15.7. The molecule has 0 N–H and O–H groups in total. The molecule has 0 radical (unpaired) electrons. The van der Waals surface area contributed by atoms with Crippen LogP contribution in [0.4, 0.5) is 0 Å². The van der Waals surface area contributed by atoms with Crippen molar-refractivity contribution in [2.24, 2.45) is 0 Å². The summed E-state index contributed by atoms with van der Waals surface area (Å²) in [4.78, 5) is 0. The monoisotopic (exact) mass is 762 g/mol. The SMILES string of the molecule is c1ccc(-c2ccc(-n3c4ccc(-c5ccccc5)cc4c4cc(-c5ccc6c(c5)c5ccccc5n6-c5ccc(-c6cccc7ccccc67)cc5)ccc43)cc2)cc1. The summed E-state index contributed by atoms with van der Waals surface area (Å²) in [6, 6.07) is 84.2. The number of nitrogens with zero attached hydrogens (tertiary/aromatic N) is 2. The minimum atomic E-state index is 1.15. The standard InChI is InChI=1S/C58H38N2/c1-3-12-39(13-4-1)41-22-29-47(30-23-41)60-57-33-26-44(40-14-5-2-6-15-40)36-53(57)54-38-46(28-35-58(54)60)45-27-34-56-52(37-45)51-19-9-10-21-55(51)59(56)48-31-24-43(25-32-48)50-20-11-17-42-16-7-8-18-49(42)50/h1-38H. The molecule has 2 nitrogen and oxygen atoms in total. The van der Waals surface area contributed by atoms with E-state index in [9.17, 15) is 0 Å². The van der Waals surface area contributed by atoms with Crippen LogP contribution >= 0.6 is 0 Å². The maximum absolute atomic E-state index is 2.42. The lowest BCUT2D eigenvalue weighted by molar-refractivity contribution is 1.18. The number of fused-ring (bicyclic) bond motifs is 7. The van der Waals surface area contributed by atoms with E-state index < -0.39 is 0 Å². The van der Waals surface area contributed by atoms with Gasteiger partial charge in [0.05, 0.1) is 22.1 Å². The number of aromatic nitrogens is 2. The summed E-state index contributed by atoms with van der Waals surface area (Å²) in [5.41, 5.74) is 16.8. The van der Waals surface area contributed by atoms with E-state index in [4.69, 9.17) is 0 Å². The zero-order valence-corrected chi connectivity index (χ0v) is 32.8. The molecule has 0 unspecified atom stereocenters. The third kappa shape index (κ3) is 5.57. The highest BCUT2D eigenvalue weighted by molar-refractivity contribution is 6.13. The molecular weight excluding hydrogens is 725 g/mol. The molecule has 0 spiro atoms. The van der Waals surface area contributed by atoms with Gasteiger partial charge >= 0.3 is 0 Å². The topological polar surface area (TPSA) is 9.86 Å². The van der Waals surface area contributed by atoms with Gasteiger partial charge in [-0.1, -0.05) is 164 Å². The molecule has 280 valence electrons. The van der Waals surface area contributed by atoms with Crippen molar-refractivity contribution < 1.29 is 0 Å². The van der Waals surface area contributed by atoms with E-state index >= 15 is 0 Å². The van der Waals surface area contributed by atoms with Crippen LogP contribution < -0.4 is 0 Å². The number of para-hydroxylation sites is 1. The van der Waals surface area contributed by atoms with E-state index in [0.29, 0.717) is 0 Å². The predicted molar refractivity (Wildman–Crippen MR) is 254 cm³/mol.